The second-order valence-corrected chi connectivity index (χ2v) is 7.35. The first-order valence-corrected chi connectivity index (χ1v) is 10.7. The van der Waals surface area contributed by atoms with Crippen molar-refractivity contribution < 1.29 is 14.3 Å². The Hall–Kier alpha value is -3.47. The van der Waals surface area contributed by atoms with E-state index in [2.05, 4.69) is 17.2 Å². The summed E-state index contributed by atoms with van der Waals surface area (Å²) in [4.78, 5) is 12.4. The Morgan fingerprint density at radius 2 is 1.32 bits per heavy atom. The highest BCUT2D eigenvalue weighted by Crippen LogP contribution is 2.22. The number of nitrogens with zero attached hydrogens (tertiary/aromatic N) is 2. The van der Waals surface area contributed by atoms with Crippen molar-refractivity contribution in [2.45, 2.75) is 39.5 Å². The zero-order valence-electron chi connectivity index (χ0n) is 18.1. The number of esters is 1. The van der Waals surface area contributed by atoms with E-state index in [-0.39, 0.29) is 0 Å². The SMILES string of the molecule is CCCCCCOc1ccc(C(=O)Oc2ccc(N=Nc3ccc(C)cc3)cc2)cc1. The van der Waals surface area contributed by atoms with E-state index in [1.807, 2.05) is 31.2 Å². The zero-order valence-corrected chi connectivity index (χ0v) is 18.1. The highest BCUT2D eigenvalue weighted by atomic mass is 16.5. The van der Waals surface area contributed by atoms with Crippen LogP contribution in [0.4, 0.5) is 11.4 Å². The van der Waals surface area contributed by atoms with Gasteiger partial charge in [-0.25, -0.2) is 4.79 Å². The molecular formula is C26H28N2O3. The van der Waals surface area contributed by atoms with Crippen LogP contribution >= 0.6 is 0 Å². The second-order valence-electron chi connectivity index (χ2n) is 7.35. The molecule has 0 N–H and O–H groups in total. The van der Waals surface area contributed by atoms with Crippen molar-refractivity contribution in [3.05, 3.63) is 83.9 Å². The summed E-state index contributed by atoms with van der Waals surface area (Å²) < 4.78 is 11.2. The highest BCUT2D eigenvalue weighted by Gasteiger charge is 2.09. The molecule has 5 nitrogen and oxygen atoms in total. The first-order valence-electron chi connectivity index (χ1n) is 10.7. The van der Waals surface area contributed by atoms with E-state index < -0.39 is 5.97 Å². The molecule has 3 aromatic rings. The standard InChI is InChI=1S/C26H28N2O3/c1-3-4-5-6-19-30-24-15-9-21(10-16-24)26(29)31-25-17-13-23(14-18-25)28-27-22-11-7-20(2)8-12-22/h7-18H,3-6,19H2,1-2H3. The van der Waals surface area contributed by atoms with Gasteiger partial charge in [-0.15, -0.1) is 0 Å². The van der Waals surface area contributed by atoms with Gasteiger partial charge in [-0.3, -0.25) is 0 Å². The zero-order chi connectivity index (χ0) is 21.9. The number of hydrogen-bond donors (Lipinski definition) is 0. The summed E-state index contributed by atoms with van der Waals surface area (Å²) in [6.07, 6.45) is 4.65. The van der Waals surface area contributed by atoms with E-state index >= 15 is 0 Å². The largest absolute Gasteiger partial charge is 0.494 e. The van der Waals surface area contributed by atoms with E-state index in [1.54, 1.807) is 48.5 Å². The monoisotopic (exact) mass is 416 g/mol. The van der Waals surface area contributed by atoms with Gasteiger partial charge in [-0.05, 0) is 74.0 Å². The molecule has 0 aromatic heterocycles. The molecule has 160 valence electrons. The molecule has 0 saturated carbocycles. The summed E-state index contributed by atoms with van der Waals surface area (Å²) in [6.45, 7) is 4.90. The first-order chi connectivity index (χ1) is 15.1. The van der Waals surface area contributed by atoms with Gasteiger partial charge in [-0.2, -0.15) is 10.2 Å². The Bertz CT molecular complexity index is 979. The molecule has 0 aliphatic carbocycles. The van der Waals surface area contributed by atoms with Crippen LogP contribution in [0.3, 0.4) is 0 Å². The fraction of sp³-hybridized carbons (Fsp3) is 0.269. The number of azo groups is 1. The van der Waals surface area contributed by atoms with Crippen molar-refractivity contribution in [1.82, 2.24) is 0 Å². The molecule has 0 bridgehead atoms. The third kappa shape index (κ3) is 7.37. The maximum absolute atomic E-state index is 12.4. The number of aryl methyl sites for hydroxylation is 1. The van der Waals surface area contributed by atoms with Crippen LogP contribution in [0, 0.1) is 6.92 Å². The molecule has 0 fully saturated rings. The van der Waals surface area contributed by atoms with Gasteiger partial charge in [0.05, 0.1) is 23.5 Å². The average Bonchev–Trinajstić information content (AvgIpc) is 2.80. The van der Waals surface area contributed by atoms with E-state index in [1.165, 1.54) is 24.8 Å². The predicted octanol–water partition coefficient (Wildman–Crippen LogP) is 7.59. The fourth-order valence-corrected chi connectivity index (χ4v) is 2.88. The molecule has 0 unspecified atom stereocenters. The lowest BCUT2D eigenvalue weighted by atomic mass is 10.2. The van der Waals surface area contributed by atoms with Crippen LogP contribution in [0.1, 0.15) is 48.5 Å². The van der Waals surface area contributed by atoms with Gasteiger partial charge in [0.15, 0.2) is 0 Å². The van der Waals surface area contributed by atoms with Gasteiger partial charge < -0.3 is 9.47 Å². The smallest absolute Gasteiger partial charge is 0.343 e. The van der Waals surface area contributed by atoms with Gasteiger partial charge in [0.25, 0.3) is 0 Å². The minimum Gasteiger partial charge on any atom is -0.494 e. The van der Waals surface area contributed by atoms with Crippen molar-refractivity contribution in [3.8, 4) is 11.5 Å². The van der Waals surface area contributed by atoms with Crippen LogP contribution in [-0.2, 0) is 0 Å². The predicted molar refractivity (Wildman–Crippen MR) is 123 cm³/mol. The summed E-state index contributed by atoms with van der Waals surface area (Å²) in [5.74, 6) is 0.801. The molecule has 3 aromatic carbocycles. The molecule has 0 heterocycles. The topological polar surface area (TPSA) is 60.2 Å². The van der Waals surface area contributed by atoms with Crippen molar-refractivity contribution >= 4 is 17.3 Å². The van der Waals surface area contributed by atoms with Crippen LogP contribution in [0.15, 0.2) is 83.0 Å². The van der Waals surface area contributed by atoms with Crippen LogP contribution in [0.25, 0.3) is 0 Å². The third-order valence-electron chi connectivity index (χ3n) is 4.72. The molecule has 5 heteroatoms. The second kappa shape index (κ2) is 11.6. The Morgan fingerprint density at radius 3 is 1.94 bits per heavy atom. The number of carbonyl (C=O) groups is 1. The lowest BCUT2D eigenvalue weighted by Gasteiger charge is -2.07. The lowest BCUT2D eigenvalue weighted by Crippen LogP contribution is -2.08. The molecule has 0 spiro atoms. The Labute approximate surface area is 183 Å². The van der Waals surface area contributed by atoms with Crippen LogP contribution in [0.5, 0.6) is 11.5 Å². The minimum absolute atomic E-state index is 0.413. The average molecular weight is 417 g/mol. The van der Waals surface area contributed by atoms with E-state index in [0.717, 1.165) is 17.9 Å². The van der Waals surface area contributed by atoms with Gasteiger partial charge >= 0.3 is 5.97 Å². The Balaban J connectivity index is 1.50. The first kappa shape index (κ1) is 22.2. The minimum atomic E-state index is -0.413. The van der Waals surface area contributed by atoms with E-state index in [9.17, 15) is 4.79 Å². The maximum Gasteiger partial charge on any atom is 0.343 e. The van der Waals surface area contributed by atoms with Crippen LogP contribution in [0.2, 0.25) is 0 Å². The number of carbonyl (C=O) groups excluding carboxylic acids is 1. The molecule has 0 radical (unpaired) electrons. The molecule has 0 aliphatic rings. The van der Waals surface area contributed by atoms with Crippen LogP contribution in [-0.4, -0.2) is 12.6 Å². The number of unbranched alkanes of at least 4 members (excludes halogenated alkanes) is 3. The quantitative estimate of drug-likeness (QED) is 0.148. The maximum atomic E-state index is 12.4. The van der Waals surface area contributed by atoms with Crippen molar-refractivity contribution in [2.75, 3.05) is 6.61 Å². The van der Waals surface area contributed by atoms with E-state index in [0.29, 0.717) is 23.6 Å². The van der Waals surface area contributed by atoms with Crippen LogP contribution < -0.4 is 9.47 Å². The number of benzene rings is 3. The highest BCUT2D eigenvalue weighted by molar-refractivity contribution is 5.91. The summed E-state index contributed by atoms with van der Waals surface area (Å²) in [5, 5.41) is 8.41. The molecule has 0 saturated heterocycles. The number of hydrogen-bond acceptors (Lipinski definition) is 5. The normalized spacial score (nSPS) is 10.9. The Kier molecular flexibility index (Phi) is 8.35. The fourth-order valence-electron chi connectivity index (χ4n) is 2.88. The molecule has 3 rings (SSSR count). The molecule has 31 heavy (non-hydrogen) atoms. The third-order valence-corrected chi connectivity index (χ3v) is 4.72. The van der Waals surface area contributed by atoms with Crippen molar-refractivity contribution in [2.24, 2.45) is 10.2 Å². The van der Waals surface area contributed by atoms with Gasteiger partial charge in [0.2, 0.25) is 0 Å². The number of ether oxygens (including phenoxy) is 2. The van der Waals surface area contributed by atoms with Gasteiger partial charge in [-0.1, -0.05) is 43.9 Å². The van der Waals surface area contributed by atoms with Crippen molar-refractivity contribution in [3.63, 3.8) is 0 Å². The summed E-state index contributed by atoms with van der Waals surface area (Å²) in [7, 11) is 0. The molecular weight excluding hydrogens is 388 g/mol. The molecule has 0 aliphatic heterocycles. The molecule has 0 amide bonds. The molecule has 0 atom stereocenters. The lowest BCUT2D eigenvalue weighted by molar-refractivity contribution is 0.0734. The Morgan fingerprint density at radius 1 is 0.742 bits per heavy atom. The number of rotatable bonds is 10. The summed E-state index contributed by atoms with van der Waals surface area (Å²) in [6, 6.07) is 21.8. The van der Waals surface area contributed by atoms with Gasteiger partial charge in [0.1, 0.15) is 11.5 Å². The summed E-state index contributed by atoms with van der Waals surface area (Å²) >= 11 is 0. The van der Waals surface area contributed by atoms with E-state index in [4.69, 9.17) is 9.47 Å². The van der Waals surface area contributed by atoms with Gasteiger partial charge in [0, 0.05) is 0 Å². The van der Waals surface area contributed by atoms with Crippen molar-refractivity contribution in [1.29, 1.82) is 0 Å². The summed E-state index contributed by atoms with van der Waals surface area (Å²) in [5.41, 5.74) is 3.12.